The van der Waals surface area contributed by atoms with Gasteiger partial charge in [-0.15, -0.1) is 0 Å². The van der Waals surface area contributed by atoms with Crippen LogP contribution in [0.15, 0.2) is 23.4 Å². The van der Waals surface area contributed by atoms with Crippen LogP contribution in [0.3, 0.4) is 0 Å². The predicted molar refractivity (Wildman–Crippen MR) is 66.2 cm³/mol. The van der Waals surface area contributed by atoms with Gasteiger partial charge in [0, 0.05) is 5.56 Å². The predicted octanol–water partition coefficient (Wildman–Crippen LogP) is 1.79. The summed E-state index contributed by atoms with van der Waals surface area (Å²) >= 11 is 0.880. The molecule has 3 nitrogen and oxygen atoms in total. The Morgan fingerprint density at radius 2 is 2.53 bits per heavy atom. The van der Waals surface area contributed by atoms with Gasteiger partial charge in [-0.1, -0.05) is 5.16 Å². The smallest absolute Gasteiger partial charge is 0.159 e. The summed E-state index contributed by atoms with van der Waals surface area (Å²) in [7, 11) is -1.03. The van der Waals surface area contributed by atoms with Crippen molar-refractivity contribution >= 4 is 25.5 Å². The van der Waals surface area contributed by atoms with Crippen molar-refractivity contribution in [1.82, 2.24) is 0 Å². The fourth-order valence-electron chi connectivity index (χ4n) is 1.22. The largest absolute Gasteiger partial charge is 0.411 e. The highest BCUT2D eigenvalue weighted by Crippen LogP contribution is 2.15. The third-order valence-corrected chi connectivity index (χ3v) is 2.55. The number of halogens is 2. The molecular formula is C10H12BF2NO2S. The van der Waals surface area contributed by atoms with Crippen LogP contribution in [0, 0.1) is 11.6 Å². The van der Waals surface area contributed by atoms with Gasteiger partial charge in [0.1, 0.15) is 19.6 Å². The van der Waals surface area contributed by atoms with E-state index >= 15 is 0 Å². The molecule has 0 unspecified atom stereocenters. The van der Waals surface area contributed by atoms with Gasteiger partial charge in [-0.3, -0.25) is 0 Å². The molecule has 0 saturated carbocycles. The lowest BCUT2D eigenvalue weighted by atomic mass is 10.1. The van der Waals surface area contributed by atoms with Gasteiger partial charge < -0.3 is 9.39 Å². The molecule has 0 amide bonds. The molecular weight excluding hydrogens is 247 g/mol. The number of hydrogen-bond donors (Lipinski definition) is 1. The molecule has 1 rings (SSSR count). The highest BCUT2D eigenvalue weighted by molar-refractivity contribution is 7.95. The van der Waals surface area contributed by atoms with Crippen molar-refractivity contribution in [3.05, 3.63) is 35.4 Å². The maximum absolute atomic E-state index is 13.1. The summed E-state index contributed by atoms with van der Waals surface area (Å²) < 4.78 is 45.1. The van der Waals surface area contributed by atoms with Gasteiger partial charge in [0.25, 0.3) is 0 Å². The Kier molecular flexibility index (Phi) is 4.29. The van der Waals surface area contributed by atoms with Crippen LogP contribution in [0.25, 0.3) is 0 Å². The average Bonchev–Trinajstić information content (AvgIpc) is 2.34. The van der Waals surface area contributed by atoms with E-state index < -0.39 is 25.5 Å². The zero-order valence-electron chi connectivity index (χ0n) is 11.1. The molecule has 1 aromatic rings. The summed E-state index contributed by atoms with van der Waals surface area (Å²) in [6.45, 7) is 1.56. The Hall–Kier alpha value is -1.08. The zero-order chi connectivity index (χ0) is 14.4. The monoisotopic (exact) mass is 262 g/mol. The second-order valence-electron chi connectivity index (χ2n) is 3.14. The van der Waals surface area contributed by atoms with E-state index in [2.05, 4.69) is 5.16 Å². The Labute approximate surface area is 106 Å². The zero-order valence-corrected chi connectivity index (χ0v) is 9.88. The lowest BCUT2D eigenvalue weighted by Crippen LogP contribution is -2.20. The third kappa shape index (κ3) is 3.71. The quantitative estimate of drug-likeness (QED) is 0.279. The van der Waals surface area contributed by atoms with E-state index in [0.29, 0.717) is 0 Å². The Balaban J connectivity index is 2.74. The number of hydrogen-bond acceptors (Lipinski definition) is 4. The maximum atomic E-state index is 13.1. The summed E-state index contributed by atoms with van der Waals surface area (Å²) in [6, 6.07) is 3.11. The van der Waals surface area contributed by atoms with E-state index in [1.807, 2.05) is 0 Å². The van der Waals surface area contributed by atoms with Gasteiger partial charge in [-0.2, -0.15) is 0 Å². The van der Waals surface area contributed by atoms with Crippen LogP contribution in [-0.4, -0.2) is 33.1 Å². The Morgan fingerprint density at radius 3 is 3.12 bits per heavy atom. The SMILES string of the molecule is [2H]B([3H])CSO[C@H](C)/C(=N/O)c1ccc(F)c(F)c1. The van der Waals surface area contributed by atoms with Crippen LogP contribution in [0.5, 0.6) is 0 Å². The molecule has 1 N–H and O–H groups in total. The number of rotatable bonds is 6. The minimum absolute atomic E-state index is 0.0397. The van der Waals surface area contributed by atoms with Crippen LogP contribution in [-0.2, 0) is 4.18 Å². The second-order valence-corrected chi connectivity index (χ2v) is 3.90. The first-order valence-electron chi connectivity index (χ1n) is 5.91. The third-order valence-electron chi connectivity index (χ3n) is 1.99. The summed E-state index contributed by atoms with van der Waals surface area (Å²) in [4.78, 5) is 0. The molecule has 92 valence electrons. The summed E-state index contributed by atoms with van der Waals surface area (Å²) in [5, 5.41) is 11.9. The maximum Gasteiger partial charge on any atom is 0.159 e. The van der Waals surface area contributed by atoms with E-state index in [-0.39, 0.29) is 16.9 Å². The first kappa shape index (κ1) is 11.0. The normalized spacial score (nSPS) is 15.1. The van der Waals surface area contributed by atoms with Crippen LogP contribution < -0.4 is 0 Å². The highest BCUT2D eigenvalue weighted by Gasteiger charge is 2.16. The topological polar surface area (TPSA) is 41.8 Å². The van der Waals surface area contributed by atoms with Gasteiger partial charge in [-0.25, -0.2) is 8.78 Å². The van der Waals surface area contributed by atoms with Crippen LogP contribution in [0.4, 0.5) is 8.78 Å². The standard InChI is InChI=1S/C10H12BF2NO2S/c1-6(16-17-5-11)10(14-15)7-2-3-8(12)9(13)4-7/h2-4,6,15H,5,11H2,1H3/b14-10-/t6-/m1/s1/i11TD. The average molecular weight is 262 g/mol. The van der Waals surface area contributed by atoms with E-state index in [1.165, 1.54) is 6.07 Å². The van der Waals surface area contributed by atoms with Crippen molar-refractivity contribution in [2.45, 2.75) is 13.0 Å². The lowest BCUT2D eigenvalue weighted by Gasteiger charge is -2.13. The fraction of sp³-hybridized carbons (Fsp3) is 0.300. The number of oxime groups is 1. The Bertz CT molecular complexity index is 465. The molecule has 17 heavy (non-hydrogen) atoms. The lowest BCUT2D eigenvalue weighted by molar-refractivity contribution is 0.295. The van der Waals surface area contributed by atoms with Crippen molar-refractivity contribution in [3.8, 4) is 0 Å². The first-order chi connectivity index (χ1) is 8.95. The molecule has 0 radical (unpaired) electrons. The fourth-order valence-corrected chi connectivity index (χ4v) is 1.59. The molecule has 0 spiro atoms. The number of benzene rings is 1. The van der Waals surface area contributed by atoms with E-state index in [0.717, 1.165) is 24.2 Å². The van der Waals surface area contributed by atoms with Crippen LogP contribution in [0.1, 0.15) is 12.5 Å². The molecule has 0 heterocycles. The van der Waals surface area contributed by atoms with Gasteiger partial charge in [-0.05, 0) is 45.5 Å². The van der Waals surface area contributed by atoms with Gasteiger partial charge in [0.15, 0.2) is 11.6 Å². The van der Waals surface area contributed by atoms with E-state index in [1.54, 1.807) is 6.92 Å². The van der Waals surface area contributed by atoms with Crippen molar-refractivity contribution in [1.29, 1.82) is 2.67 Å². The van der Waals surface area contributed by atoms with Crippen molar-refractivity contribution < 1.29 is 18.2 Å². The molecule has 0 aliphatic heterocycles. The summed E-state index contributed by atoms with van der Waals surface area (Å²) in [5.74, 6) is -2.04. The molecule has 0 fully saturated rings. The van der Waals surface area contributed by atoms with Crippen molar-refractivity contribution in [3.63, 3.8) is 0 Å². The minimum atomic E-state index is -1.05. The highest BCUT2D eigenvalue weighted by atomic mass is 32.2. The second kappa shape index (κ2) is 6.61. The van der Waals surface area contributed by atoms with Crippen LogP contribution in [0.2, 0.25) is 0 Å². The van der Waals surface area contributed by atoms with Crippen molar-refractivity contribution in [2.24, 2.45) is 5.16 Å². The molecule has 1 aromatic carbocycles. The minimum Gasteiger partial charge on any atom is -0.411 e. The van der Waals surface area contributed by atoms with Crippen molar-refractivity contribution in [2.75, 3.05) is 5.65 Å². The van der Waals surface area contributed by atoms with E-state index in [9.17, 15) is 8.78 Å². The molecule has 0 saturated heterocycles. The molecule has 0 bridgehead atoms. The van der Waals surface area contributed by atoms with Gasteiger partial charge >= 0.3 is 0 Å². The number of nitrogens with zero attached hydrogens (tertiary/aromatic N) is 1. The van der Waals surface area contributed by atoms with Gasteiger partial charge in [0.05, 0.1) is 0 Å². The molecule has 0 aromatic heterocycles. The summed E-state index contributed by atoms with van der Waals surface area (Å²) in [5.41, 5.74) is 0.363. The molecule has 1 atom stereocenters. The molecule has 0 aliphatic carbocycles. The molecule has 7 heteroatoms. The van der Waals surface area contributed by atoms with Crippen LogP contribution >= 0.6 is 12.0 Å². The van der Waals surface area contributed by atoms with Gasteiger partial charge in [0.2, 0.25) is 0 Å². The van der Waals surface area contributed by atoms with E-state index in [4.69, 9.17) is 12.1 Å². The Morgan fingerprint density at radius 1 is 1.76 bits per heavy atom. The first-order valence-corrected chi connectivity index (χ1v) is 5.67. The molecule has 0 aliphatic rings. The summed E-state index contributed by atoms with van der Waals surface area (Å²) in [6.07, 6.45) is -0.696.